The van der Waals surface area contributed by atoms with E-state index in [-0.39, 0.29) is 0 Å². The van der Waals surface area contributed by atoms with Gasteiger partial charge in [0.05, 0.1) is 5.41 Å². The summed E-state index contributed by atoms with van der Waals surface area (Å²) in [4.78, 5) is 2.39. The van der Waals surface area contributed by atoms with E-state index in [0.29, 0.717) is 0 Å². The van der Waals surface area contributed by atoms with Crippen LogP contribution in [0.3, 0.4) is 0 Å². The van der Waals surface area contributed by atoms with E-state index in [9.17, 15) is 0 Å². The van der Waals surface area contributed by atoms with E-state index in [4.69, 9.17) is 4.74 Å². The van der Waals surface area contributed by atoms with Crippen molar-refractivity contribution in [3.05, 3.63) is 235 Å². The molecule has 1 atom stereocenters. The molecular formula is C53H35NO. The number of hydrogen-bond acceptors (Lipinski definition) is 2. The van der Waals surface area contributed by atoms with Gasteiger partial charge in [0, 0.05) is 28.2 Å². The normalized spacial score (nSPS) is 14.8. The van der Waals surface area contributed by atoms with Gasteiger partial charge in [0.15, 0.2) is 0 Å². The van der Waals surface area contributed by atoms with E-state index in [1.807, 2.05) is 0 Å². The molecule has 2 nitrogen and oxygen atoms in total. The van der Waals surface area contributed by atoms with Gasteiger partial charge in [-0.1, -0.05) is 164 Å². The predicted octanol–water partition coefficient (Wildman–Crippen LogP) is 14.1. The zero-order valence-electron chi connectivity index (χ0n) is 30.1. The summed E-state index contributed by atoms with van der Waals surface area (Å²) in [7, 11) is 0. The fourth-order valence-corrected chi connectivity index (χ4v) is 9.13. The molecule has 0 aromatic heterocycles. The second-order valence-corrected chi connectivity index (χ2v) is 14.4. The standard InChI is InChI=1S/C53H35NO/c1-3-13-36(14-4-1)38-23-28-41(29-24-38)54(42-30-25-39(26-31-42)37-15-5-2-6-16-37)43-32-33-48-46(35-43)45-19-9-10-20-47(45)53(48)49-21-11-12-22-50(49)55-51-34-27-40-17-7-8-18-44(40)52(51)53/h1-35H. The molecule has 2 heteroatoms. The first-order valence-electron chi connectivity index (χ1n) is 18.9. The lowest BCUT2D eigenvalue weighted by Crippen LogP contribution is -2.32. The van der Waals surface area contributed by atoms with Crippen LogP contribution in [0.25, 0.3) is 44.2 Å². The molecule has 0 fully saturated rings. The van der Waals surface area contributed by atoms with Crippen LogP contribution < -0.4 is 9.64 Å². The fourth-order valence-electron chi connectivity index (χ4n) is 9.13. The lowest BCUT2D eigenvalue weighted by molar-refractivity contribution is 0.438. The number of hydrogen-bond donors (Lipinski definition) is 0. The molecule has 9 aromatic carbocycles. The summed E-state index contributed by atoms with van der Waals surface area (Å²) in [5.74, 6) is 1.80. The van der Waals surface area contributed by atoms with Crippen LogP contribution in [0.5, 0.6) is 11.5 Å². The van der Waals surface area contributed by atoms with Crippen LogP contribution in [0, 0.1) is 0 Å². The Morgan fingerprint density at radius 1 is 0.345 bits per heavy atom. The molecule has 0 radical (unpaired) electrons. The van der Waals surface area contributed by atoms with E-state index in [0.717, 1.165) is 28.6 Å². The molecule has 0 saturated heterocycles. The van der Waals surface area contributed by atoms with Crippen LogP contribution in [0.15, 0.2) is 212 Å². The third-order valence-corrected chi connectivity index (χ3v) is 11.5. The molecule has 0 amide bonds. The van der Waals surface area contributed by atoms with Crippen LogP contribution in [0.2, 0.25) is 0 Å². The highest BCUT2D eigenvalue weighted by Crippen LogP contribution is 2.63. The summed E-state index contributed by atoms with van der Waals surface area (Å²) < 4.78 is 6.75. The van der Waals surface area contributed by atoms with Crippen molar-refractivity contribution >= 4 is 27.8 Å². The zero-order chi connectivity index (χ0) is 36.3. The van der Waals surface area contributed by atoms with Gasteiger partial charge >= 0.3 is 0 Å². The van der Waals surface area contributed by atoms with Gasteiger partial charge in [-0.3, -0.25) is 0 Å². The van der Waals surface area contributed by atoms with Crippen LogP contribution in [0.4, 0.5) is 17.1 Å². The molecule has 9 aromatic rings. The van der Waals surface area contributed by atoms with Crippen LogP contribution >= 0.6 is 0 Å². The van der Waals surface area contributed by atoms with Crippen molar-refractivity contribution in [1.29, 1.82) is 0 Å². The fraction of sp³-hybridized carbons (Fsp3) is 0.0189. The molecule has 55 heavy (non-hydrogen) atoms. The third-order valence-electron chi connectivity index (χ3n) is 11.5. The molecule has 0 saturated carbocycles. The summed E-state index contributed by atoms with van der Waals surface area (Å²) >= 11 is 0. The second-order valence-electron chi connectivity index (χ2n) is 14.4. The van der Waals surface area contributed by atoms with Gasteiger partial charge in [0.2, 0.25) is 0 Å². The smallest absolute Gasteiger partial charge is 0.132 e. The van der Waals surface area contributed by atoms with Gasteiger partial charge in [-0.15, -0.1) is 0 Å². The summed E-state index contributed by atoms with van der Waals surface area (Å²) in [6.07, 6.45) is 0. The molecule has 258 valence electrons. The van der Waals surface area contributed by atoms with Crippen molar-refractivity contribution in [2.45, 2.75) is 5.41 Å². The maximum Gasteiger partial charge on any atom is 0.132 e. The molecule has 2 aliphatic rings. The predicted molar refractivity (Wildman–Crippen MR) is 227 cm³/mol. The van der Waals surface area contributed by atoms with Gasteiger partial charge in [0.25, 0.3) is 0 Å². The third kappa shape index (κ3) is 4.82. The van der Waals surface area contributed by atoms with E-state index in [2.05, 4.69) is 217 Å². The van der Waals surface area contributed by atoms with E-state index in [1.54, 1.807) is 0 Å². The monoisotopic (exact) mass is 701 g/mol. The highest BCUT2D eigenvalue weighted by atomic mass is 16.5. The van der Waals surface area contributed by atoms with Crippen LogP contribution in [0.1, 0.15) is 22.3 Å². The molecule has 0 bridgehead atoms. The SMILES string of the molecule is c1ccc(-c2ccc(N(c3ccc(-c4ccccc4)cc3)c3ccc4c(c3)-c3ccccc3C43c4ccccc4Oc4ccc5ccccc5c43)cc2)cc1. The molecular weight excluding hydrogens is 667 g/mol. The van der Waals surface area contributed by atoms with Crippen molar-refractivity contribution in [2.24, 2.45) is 0 Å². The average Bonchev–Trinajstić information content (AvgIpc) is 3.54. The van der Waals surface area contributed by atoms with Gasteiger partial charge in [0.1, 0.15) is 11.5 Å². The number of benzene rings is 9. The van der Waals surface area contributed by atoms with Crippen molar-refractivity contribution in [3.8, 4) is 44.9 Å². The molecule has 11 rings (SSSR count). The Morgan fingerprint density at radius 3 is 1.56 bits per heavy atom. The molecule has 1 unspecified atom stereocenters. The topological polar surface area (TPSA) is 12.5 Å². The Labute approximate surface area is 321 Å². The maximum absolute atomic E-state index is 6.75. The number of fused-ring (bicyclic) bond motifs is 11. The lowest BCUT2D eigenvalue weighted by atomic mass is 9.65. The Morgan fingerprint density at radius 2 is 0.873 bits per heavy atom. The van der Waals surface area contributed by atoms with Crippen molar-refractivity contribution in [3.63, 3.8) is 0 Å². The lowest BCUT2D eigenvalue weighted by Gasteiger charge is -2.40. The largest absolute Gasteiger partial charge is 0.457 e. The highest BCUT2D eigenvalue weighted by molar-refractivity contribution is 5.98. The summed E-state index contributed by atoms with van der Waals surface area (Å²) in [6, 6.07) is 76.8. The van der Waals surface area contributed by atoms with Crippen molar-refractivity contribution in [2.75, 3.05) is 4.90 Å². The van der Waals surface area contributed by atoms with Gasteiger partial charge in [-0.25, -0.2) is 0 Å². The summed E-state index contributed by atoms with van der Waals surface area (Å²) in [6.45, 7) is 0. The van der Waals surface area contributed by atoms with Gasteiger partial charge < -0.3 is 9.64 Å². The van der Waals surface area contributed by atoms with Crippen molar-refractivity contribution < 1.29 is 4.74 Å². The number of para-hydroxylation sites is 1. The zero-order valence-corrected chi connectivity index (χ0v) is 30.1. The number of rotatable bonds is 5. The minimum atomic E-state index is -0.561. The van der Waals surface area contributed by atoms with E-state index >= 15 is 0 Å². The van der Waals surface area contributed by atoms with Crippen LogP contribution in [-0.4, -0.2) is 0 Å². The first kappa shape index (κ1) is 31.4. The van der Waals surface area contributed by atoms with Crippen LogP contribution in [-0.2, 0) is 5.41 Å². The number of anilines is 3. The molecule has 1 spiro atoms. The Balaban J connectivity index is 1.13. The minimum Gasteiger partial charge on any atom is -0.457 e. The molecule has 0 N–H and O–H groups in total. The molecule has 1 aliphatic carbocycles. The minimum absolute atomic E-state index is 0.561. The Hall–Kier alpha value is -7.16. The molecule has 1 aliphatic heterocycles. The number of nitrogens with zero attached hydrogens (tertiary/aromatic N) is 1. The second kappa shape index (κ2) is 12.5. The summed E-state index contributed by atoms with van der Waals surface area (Å²) in [5.41, 5.74) is 14.9. The Bertz CT molecular complexity index is 2800. The quantitative estimate of drug-likeness (QED) is 0.177. The van der Waals surface area contributed by atoms with E-state index in [1.165, 1.54) is 66.4 Å². The maximum atomic E-state index is 6.75. The average molecular weight is 702 g/mol. The van der Waals surface area contributed by atoms with Gasteiger partial charge in [-0.05, 0) is 104 Å². The molecule has 1 heterocycles. The number of ether oxygens (including phenoxy) is 1. The first-order chi connectivity index (χ1) is 27.3. The van der Waals surface area contributed by atoms with E-state index < -0.39 is 5.41 Å². The highest BCUT2D eigenvalue weighted by Gasteiger charge is 2.52. The Kier molecular flexibility index (Phi) is 7.11. The first-order valence-corrected chi connectivity index (χ1v) is 18.9. The summed E-state index contributed by atoms with van der Waals surface area (Å²) in [5, 5.41) is 2.41. The van der Waals surface area contributed by atoms with Gasteiger partial charge in [-0.2, -0.15) is 0 Å². The van der Waals surface area contributed by atoms with Crippen molar-refractivity contribution in [1.82, 2.24) is 0 Å².